The van der Waals surface area contributed by atoms with Crippen molar-refractivity contribution >= 4 is 35.5 Å². The molecule has 2 aliphatic heterocycles. The van der Waals surface area contributed by atoms with Gasteiger partial charge in [-0.05, 0) is 61.1 Å². The van der Waals surface area contributed by atoms with Crippen molar-refractivity contribution in [3.8, 4) is 11.1 Å². The maximum absolute atomic E-state index is 13.3. The van der Waals surface area contributed by atoms with E-state index < -0.39 is 6.09 Å². The van der Waals surface area contributed by atoms with Gasteiger partial charge in [0.25, 0.3) is 5.91 Å². The highest BCUT2D eigenvalue weighted by atomic mass is 16.4. The van der Waals surface area contributed by atoms with Crippen molar-refractivity contribution < 1.29 is 19.5 Å². The molecule has 1 saturated heterocycles. The van der Waals surface area contributed by atoms with Gasteiger partial charge in [0.05, 0.1) is 5.69 Å². The molecule has 2 heterocycles. The van der Waals surface area contributed by atoms with Gasteiger partial charge in [0.15, 0.2) is 0 Å². The fraction of sp³-hybridized carbons (Fsp3) is 0.379. The Bertz CT molecular complexity index is 1220. The van der Waals surface area contributed by atoms with E-state index in [-0.39, 0.29) is 24.1 Å². The van der Waals surface area contributed by atoms with Crippen LogP contribution in [0.2, 0.25) is 0 Å². The van der Waals surface area contributed by atoms with Crippen LogP contribution >= 0.6 is 0 Å². The van der Waals surface area contributed by atoms with Crippen LogP contribution in [0.1, 0.15) is 61.9 Å². The van der Waals surface area contributed by atoms with Crippen LogP contribution in [0.25, 0.3) is 17.2 Å². The Balaban J connectivity index is 1.65. The molecule has 0 atom stereocenters. The molecule has 194 valence electrons. The molecule has 1 fully saturated rings. The number of carboxylic acid groups (broad SMARTS) is 1. The van der Waals surface area contributed by atoms with Gasteiger partial charge in [-0.3, -0.25) is 14.9 Å². The molecule has 0 saturated carbocycles. The number of nitrogens with zero attached hydrogens (tertiary/aromatic N) is 3. The predicted molar refractivity (Wildman–Crippen MR) is 145 cm³/mol. The van der Waals surface area contributed by atoms with Gasteiger partial charge >= 0.3 is 6.09 Å². The average Bonchev–Trinajstić information content (AvgIpc) is 3.36. The summed E-state index contributed by atoms with van der Waals surface area (Å²) < 4.78 is 0. The van der Waals surface area contributed by atoms with E-state index in [0.29, 0.717) is 29.9 Å². The van der Waals surface area contributed by atoms with Crippen molar-refractivity contribution in [3.05, 3.63) is 59.2 Å². The lowest BCUT2D eigenvalue weighted by molar-refractivity contribution is -0.127. The van der Waals surface area contributed by atoms with E-state index in [1.165, 1.54) is 0 Å². The fourth-order valence-electron chi connectivity index (χ4n) is 4.84. The number of amides is 3. The number of hydrogen-bond donors (Lipinski definition) is 2. The summed E-state index contributed by atoms with van der Waals surface area (Å²) in [5.74, 6) is 0.170. The number of carbonyl (C=O) groups is 3. The minimum Gasteiger partial charge on any atom is -0.465 e. The van der Waals surface area contributed by atoms with Crippen LogP contribution in [0.5, 0.6) is 0 Å². The maximum Gasteiger partial charge on any atom is 0.410 e. The largest absolute Gasteiger partial charge is 0.465 e. The molecular weight excluding hydrogens is 468 g/mol. The van der Waals surface area contributed by atoms with E-state index in [0.717, 1.165) is 55.5 Å². The van der Waals surface area contributed by atoms with E-state index >= 15 is 0 Å². The van der Waals surface area contributed by atoms with Gasteiger partial charge in [-0.15, -0.1) is 0 Å². The minimum atomic E-state index is -1.22. The first-order valence-electron chi connectivity index (χ1n) is 13.0. The first-order valence-corrected chi connectivity index (χ1v) is 13.0. The molecule has 4 rings (SSSR count). The second kappa shape index (κ2) is 11.9. The van der Waals surface area contributed by atoms with Crippen LogP contribution in [0.15, 0.2) is 53.0 Å². The average molecular weight is 503 g/mol. The molecule has 2 aromatic carbocycles. The number of amidine groups is 1. The third-order valence-electron chi connectivity index (χ3n) is 6.63. The monoisotopic (exact) mass is 502 g/mol. The molecule has 0 aromatic heterocycles. The SMILES string of the molecule is CCCN(CCC)C(=O)C1=Cc2ccc(-c3ccc(C(=O)N4CCCC4)cc3)cc2N=C(NC(=O)O)C1. The molecule has 37 heavy (non-hydrogen) atoms. The summed E-state index contributed by atoms with van der Waals surface area (Å²) in [5.41, 5.74) is 4.32. The maximum atomic E-state index is 13.3. The Hall–Kier alpha value is -3.94. The summed E-state index contributed by atoms with van der Waals surface area (Å²) in [6.45, 7) is 6.96. The molecule has 0 bridgehead atoms. The Morgan fingerprint density at radius 1 is 0.973 bits per heavy atom. The number of hydrogen-bond acceptors (Lipinski definition) is 4. The molecular formula is C29H34N4O4. The second-order valence-corrected chi connectivity index (χ2v) is 9.48. The van der Waals surface area contributed by atoms with Gasteiger partial charge in [-0.2, -0.15) is 0 Å². The number of rotatable bonds is 7. The highest BCUT2D eigenvalue weighted by Gasteiger charge is 2.23. The summed E-state index contributed by atoms with van der Waals surface area (Å²) in [6.07, 6.45) is 4.49. The lowest BCUT2D eigenvalue weighted by atomic mass is 9.99. The Morgan fingerprint density at radius 2 is 1.62 bits per heavy atom. The zero-order chi connectivity index (χ0) is 26.4. The van der Waals surface area contributed by atoms with Gasteiger partial charge in [0.1, 0.15) is 5.84 Å². The predicted octanol–water partition coefficient (Wildman–Crippen LogP) is 5.32. The van der Waals surface area contributed by atoms with Gasteiger partial charge in [0.2, 0.25) is 5.91 Å². The lowest BCUT2D eigenvalue weighted by Crippen LogP contribution is -2.36. The van der Waals surface area contributed by atoms with Gasteiger partial charge in [-0.1, -0.05) is 38.1 Å². The molecule has 3 amide bonds. The fourth-order valence-corrected chi connectivity index (χ4v) is 4.84. The van der Waals surface area contributed by atoms with Crippen LogP contribution in [0.4, 0.5) is 10.5 Å². The summed E-state index contributed by atoms with van der Waals surface area (Å²) >= 11 is 0. The normalized spacial score (nSPS) is 14.8. The molecule has 0 unspecified atom stereocenters. The van der Waals surface area contributed by atoms with Crippen LogP contribution in [-0.2, 0) is 4.79 Å². The van der Waals surface area contributed by atoms with E-state index in [4.69, 9.17) is 0 Å². The topological polar surface area (TPSA) is 102 Å². The van der Waals surface area contributed by atoms with Gasteiger partial charge in [0, 0.05) is 49.3 Å². The summed E-state index contributed by atoms with van der Waals surface area (Å²) in [5, 5.41) is 11.7. The summed E-state index contributed by atoms with van der Waals surface area (Å²) in [4.78, 5) is 45.7. The van der Waals surface area contributed by atoms with Crippen molar-refractivity contribution in [2.24, 2.45) is 4.99 Å². The Kier molecular flexibility index (Phi) is 8.38. The van der Waals surface area contributed by atoms with Crippen molar-refractivity contribution in [1.82, 2.24) is 15.1 Å². The zero-order valence-corrected chi connectivity index (χ0v) is 21.5. The van der Waals surface area contributed by atoms with Crippen LogP contribution in [0.3, 0.4) is 0 Å². The Morgan fingerprint density at radius 3 is 2.24 bits per heavy atom. The molecule has 8 nitrogen and oxygen atoms in total. The highest BCUT2D eigenvalue weighted by molar-refractivity contribution is 6.08. The van der Waals surface area contributed by atoms with Crippen LogP contribution in [-0.4, -0.2) is 64.8 Å². The number of carbonyl (C=O) groups excluding carboxylic acids is 2. The number of fused-ring (bicyclic) bond motifs is 1. The Labute approximate surface area is 217 Å². The van der Waals surface area contributed by atoms with E-state index in [1.54, 1.807) is 0 Å². The van der Waals surface area contributed by atoms with Gasteiger partial charge < -0.3 is 14.9 Å². The van der Waals surface area contributed by atoms with Crippen molar-refractivity contribution in [3.63, 3.8) is 0 Å². The van der Waals surface area contributed by atoms with Crippen molar-refractivity contribution in [2.75, 3.05) is 26.2 Å². The van der Waals surface area contributed by atoms with E-state index in [9.17, 15) is 19.5 Å². The van der Waals surface area contributed by atoms with Crippen molar-refractivity contribution in [2.45, 2.75) is 46.0 Å². The molecule has 8 heteroatoms. The lowest BCUT2D eigenvalue weighted by Gasteiger charge is -2.23. The quantitative estimate of drug-likeness (QED) is 0.535. The third kappa shape index (κ3) is 6.25. The highest BCUT2D eigenvalue weighted by Crippen LogP contribution is 2.32. The molecule has 2 aliphatic rings. The molecule has 0 aliphatic carbocycles. The van der Waals surface area contributed by atoms with Crippen molar-refractivity contribution in [1.29, 1.82) is 0 Å². The number of benzene rings is 2. The van der Waals surface area contributed by atoms with Crippen LogP contribution < -0.4 is 5.32 Å². The number of likely N-dealkylation sites (tertiary alicyclic amines) is 1. The molecule has 0 radical (unpaired) electrons. The first kappa shape index (κ1) is 26.1. The number of nitrogens with one attached hydrogen (secondary N) is 1. The van der Waals surface area contributed by atoms with E-state index in [2.05, 4.69) is 10.3 Å². The molecule has 0 spiro atoms. The minimum absolute atomic E-state index is 0.0579. The zero-order valence-electron chi connectivity index (χ0n) is 21.5. The smallest absolute Gasteiger partial charge is 0.410 e. The summed E-state index contributed by atoms with van der Waals surface area (Å²) in [7, 11) is 0. The van der Waals surface area contributed by atoms with Crippen LogP contribution in [0, 0.1) is 0 Å². The third-order valence-corrected chi connectivity index (χ3v) is 6.63. The standard InChI is InChI=1S/C29H34N4O4/c1-3-13-32(14-4-2)28(35)24-17-23-12-11-22(18-25(23)30-26(19-24)31-29(36)37)20-7-9-21(10-8-20)27(34)33-15-5-6-16-33/h7-12,17-18H,3-6,13-16,19H2,1-2H3,(H,30,31)(H,36,37). The molecule has 2 aromatic rings. The molecule has 2 N–H and O–H groups in total. The second-order valence-electron chi connectivity index (χ2n) is 9.48. The van der Waals surface area contributed by atoms with Gasteiger partial charge in [-0.25, -0.2) is 9.79 Å². The summed E-state index contributed by atoms with van der Waals surface area (Å²) in [6, 6.07) is 13.3. The first-order chi connectivity index (χ1) is 17.9. The van der Waals surface area contributed by atoms with E-state index in [1.807, 2.05) is 72.2 Å². The number of aliphatic imine (C=N–C) groups is 1.